The molecule has 4 heterocycles. The van der Waals surface area contributed by atoms with Crippen molar-refractivity contribution in [3.8, 4) is 0 Å². The number of carbonyl (C=O) groups is 2. The molecule has 3 saturated heterocycles. The van der Waals surface area contributed by atoms with Gasteiger partial charge in [-0.25, -0.2) is 8.42 Å². The van der Waals surface area contributed by atoms with Crippen molar-refractivity contribution in [3.63, 3.8) is 0 Å². The van der Waals surface area contributed by atoms with E-state index in [0.29, 0.717) is 46.4 Å². The number of sulfonamides is 1. The van der Waals surface area contributed by atoms with Crippen molar-refractivity contribution in [2.45, 2.75) is 51.1 Å². The fourth-order valence-corrected chi connectivity index (χ4v) is 8.15. The van der Waals surface area contributed by atoms with Gasteiger partial charge in [-0.2, -0.15) is 4.72 Å². The maximum absolute atomic E-state index is 13.3. The summed E-state index contributed by atoms with van der Waals surface area (Å²) in [5, 5.41) is 1.06. The quantitative estimate of drug-likeness (QED) is 0.534. The summed E-state index contributed by atoms with van der Waals surface area (Å²) in [5.41, 5.74) is 0. The van der Waals surface area contributed by atoms with Gasteiger partial charge in [0.1, 0.15) is 6.04 Å². The van der Waals surface area contributed by atoms with Gasteiger partial charge in [0.05, 0.1) is 10.9 Å². The number of halogens is 1. The first kappa shape index (κ1) is 26.2. The van der Waals surface area contributed by atoms with Crippen LogP contribution in [0.15, 0.2) is 17.5 Å². The van der Waals surface area contributed by atoms with Crippen molar-refractivity contribution >= 4 is 50.9 Å². The first-order valence-electron chi connectivity index (χ1n) is 12.9. The molecule has 0 aromatic carbocycles. The predicted molar refractivity (Wildman–Crippen MR) is 142 cm³/mol. The zero-order chi connectivity index (χ0) is 25.4. The minimum absolute atomic E-state index is 0.0106. The smallest absolute Gasteiger partial charge is 0.242 e. The van der Waals surface area contributed by atoms with Crippen LogP contribution in [0, 0.1) is 17.8 Å². The molecule has 198 valence electrons. The number of fused-ring (bicyclic) bond motifs is 1. The molecule has 5 atom stereocenters. The third-order valence-electron chi connectivity index (χ3n) is 7.98. The summed E-state index contributed by atoms with van der Waals surface area (Å²) in [5.74, 6) is 1.56. The number of piperidine rings is 3. The van der Waals surface area contributed by atoms with E-state index in [1.54, 1.807) is 12.1 Å². The van der Waals surface area contributed by atoms with Crippen LogP contribution in [0.3, 0.4) is 0 Å². The molecule has 36 heavy (non-hydrogen) atoms. The maximum atomic E-state index is 13.3. The number of likely N-dealkylation sites (tertiary alicyclic amines) is 3. The molecule has 1 aromatic rings. The number of hydrogen-bond donors (Lipinski definition) is 1. The van der Waals surface area contributed by atoms with Crippen LogP contribution in [-0.2, 0) is 19.6 Å². The van der Waals surface area contributed by atoms with Crippen LogP contribution in [-0.4, -0.2) is 86.3 Å². The molecular formula is C25H35ClN4O4S2. The molecule has 1 aromatic heterocycles. The second-order valence-electron chi connectivity index (χ2n) is 10.8. The van der Waals surface area contributed by atoms with Crippen LogP contribution in [0.1, 0.15) is 43.9 Å². The molecule has 4 fully saturated rings. The van der Waals surface area contributed by atoms with Crippen molar-refractivity contribution < 1.29 is 18.0 Å². The third kappa shape index (κ3) is 6.15. The minimum atomic E-state index is -3.82. The van der Waals surface area contributed by atoms with Gasteiger partial charge in [0.2, 0.25) is 21.8 Å². The van der Waals surface area contributed by atoms with Crippen LogP contribution in [0.5, 0.6) is 0 Å². The fraction of sp³-hybridized carbons (Fsp3) is 0.680. The van der Waals surface area contributed by atoms with Gasteiger partial charge >= 0.3 is 0 Å². The van der Waals surface area contributed by atoms with Crippen LogP contribution in [0.2, 0.25) is 4.34 Å². The van der Waals surface area contributed by atoms with Gasteiger partial charge in [0.25, 0.3) is 0 Å². The summed E-state index contributed by atoms with van der Waals surface area (Å²) >= 11 is 7.17. The van der Waals surface area contributed by atoms with Gasteiger partial charge in [-0.1, -0.05) is 18.5 Å². The lowest BCUT2D eigenvalue weighted by Crippen LogP contribution is -2.55. The normalized spacial score (nSPS) is 31.3. The van der Waals surface area contributed by atoms with Crippen LogP contribution < -0.4 is 4.72 Å². The Morgan fingerprint density at radius 2 is 2.03 bits per heavy atom. The summed E-state index contributed by atoms with van der Waals surface area (Å²) in [6.07, 6.45) is 6.23. The lowest BCUT2D eigenvalue weighted by atomic mass is 9.99. The summed E-state index contributed by atoms with van der Waals surface area (Å²) in [4.78, 5) is 33.2. The Bertz CT molecular complexity index is 1120. The molecule has 1 saturated carbocycles. The number of carbonyl (C=O) groups excluding carboxylic acids is 2. The molecule has 1 N–H and O–H groups in total. The summed E-state index contributed by atoms with van der Waals surface area (Å²) in [7, 11) is -3.82. The highest BCUT2D eigenvalue weighted by molar-refractivity contribution is 7.92. The summed E-state index contributed by atoms with van der Waals surface area (Å²) in [6.45, 7) is 6.69. The number of nitrogens with one attached hydrogen (secondary N) is 1. The number of hydrogen-bond acceptors (Lipinski definition) is 6. The largest absolute Gasteiger partial charge is 0.336 e. The zero-order valence-electron chi connectivity index (χ0n) is 20.6. The number of nitrogens with zero attached hydrogens (tertiary/aromatic N) is 3. The van der Waals surface area contributed by atoms with E-state index < -0.39 is 16.1 Å². The fourth-order valence-electron chi connectivity index (χ4n) is 6.08. The Morgan fingerprint density at radius 1 is 1.22 bits per heavy atom. The third-order valence-corrected chi connectivity index (χ3v) is 10.3. The Balaban J connectivity index is 1.17. The number of rotatable bonds is 8. The van der Waals surface area contributed by atoms with Crippen molar-refractivity contribution in [3.05, 3.63) is 26.8 Å². The summed E-state index contributed by atoms with van der Waals surface area (Å²) < 4.78 is 28.2. The summed E-state index contributed by atoms with van der Waals surface area (Å²) in [6, 6.07) is 2.82. The van der Waals surface area contributed by atoms with Crippen molar-refractivity contribution in [2.24, 2.45) is 17.8 Å². The molecule has 0 bridgehead atoms. The van der Waals surface area contributed by atoms with Crippen LogP contribution in [0.4, 0.5) is 0 Å². The second kappa shape index (κ2) is 10.7. The lowest BCUT2D eigenvalue weighted by Gasteiger charge is -2.38. The Hall–Kier alpha value is -1.46. The molecule has 1 aliphatic carbocycles. The van der Waals surface area contributed by atoms with E-state index in [9.17, 15) is 18.0 Å². The average molecular weight is 555 g/mol. The standard InChI is InChI=1S/C25H35ClN4O4S2/c1-17-4-2-9-28(13-17)15-22-20-12-18(20)14-30(22)24(31)16-29-10-3-5-21(25(29)32)27-36(33,34)11-8-19-6-7-23(26)35-19/h6-8,11,17-18,20-22,27H,2-5,9-10,12-16H2,1H3/b11-8+/t17?,18?,20?,21-,22?/m0/s1. The highest BCUT2D eigenvalue weighted by Crippen LogP contribution is 2.50. The number of thiophene rings is 1. The molecule has 0 spiro atoms. The van der Waals surface area contributed by atoms with Gasteiger partial charge in [-0.05, 0) is 74.6 Å². The van der Waals surface area contributed by atoms with E-state index in [-0.39, 0.29) is 24.4 Å². The molecule has 3 aliphatic heterocycles. The Morgan fingerprint density at radius 3 is 2.78 bits per heavy atom. The Kier molecular flexibility index (Phi) is 7.79. The maximum Gasteiger partial charge on any atom is 0.242 e. The highest BCUT2D eigenvalue weighted by atomic mass is 35.5. The highest BCUT2D eigenvalue weighted by Gasteiger charge is 2.54. The van der Waals surface area contributed by atoms with E-state index >= 15 is 0 Å². The number of amides is 2. The molecule has 0 radical (unpaired) electrons. The molecule has 4 unspecified atom stereocenters. The van der Waals surface area contributed by atoms with Gasteiger partial charge in [0, 0.05) is 42.5 Å². The minimum Gasteiger partial charge on any atom is -0.336 e. The van der Waals surface area contributed by atoms with Gasteiger partial charge < -0.3 is 14.7 Å². The molecule has 8 nitrogen and oxygen atoms in total. The SMILES string of the molecule is CC1CCCN(CC2C3CC3CN2C(=O)CN2CCC[C@H](NS(=O)(=O)/C=C/c3ccc(Cl)s3)C2=O)C1. The topological polar surface area (TPSA) is 90.0 Å². The zero-order valence-corrected chi connectivity index (χ0v) is 23.0. The average Bonchev–Trinajstić information content (AvgIpc) is 3.33. The van der Waals surface area contributed by atoms with Crippen molar-refractivity contribution in [2.75, 3.05) is 39.3 Å². The van der Waals surface area contributed by atoms with Crippen molar-refractivity contribution in [1.82, 2.24) is 19.4 Å². The van der Waals surface area contributed by atoms with E-state index in [0.717, 1.165) is 31.6 Å². The molecule has 2 amide bonds. The van der Waals surface area contributed by atoms with Gasteiger partial charge in [-0.3, -0.25) is 9.59 Å². The van der Waals surface area contributed by atoms with E-state index in [1.165, 1.54) is 41.6 Å². The van der Waals surface area contributed by atoms with E-state index in [2.05, 4.69) is 16.5 Å². The van der Waals surface area contributed by atoms with Crippen LogP contribution >= 0.6 is 22.9 Å². The van der Waals surface area contributed by atoms with Crippen molar-refractivity contribution in [1.29, 1.82) is 0 Å². The first-order chi connectivity index (χ1) is 17.2. The second-order valence-corrected chi connectivity index (χ2v) is 14.2. The van der Waals surface area contributed by atoms with E-state index in [1.807, 2.05) is 4.90 Å². The van der Waals surface area contributed by atoms with Gasteiger partial charge in [0.15, 0.2) is 0 Å². The van der Waals surface area contributed by atoms with Crippen LogP contribution in [0.25, 0.3) is 6.08 Å². The lowest BCUT2D eigenvalue weighted by molar-refractivity contribution is -0.144. The van der Waals surface area contributed by atoms with Gasteiger partial charge in [-0.15, -0.1) is 11.3 Å². The van der Waals surface area contributed by atoms with E-state index in [4.69, 9.17) is 11.6 Å². The molecule has 5 rings (SSSR count). The molecular weight excluding hydrogens is 520 g/mol. The molecule has 11 heteroatoms. The predicted octanol–water partition coefficient (Wildman–Crippen LogP) is 2.86. The first-order valence-corrected chi connectivity index (χ1v) is 15.7. The Labute approximate surface area is 222 Å². The molecule has 4 aliphatic rings. The monoisotopic (exact) mass is 554 g/mol.